The van der Waals surface area contributed by atoms with Gasteiger partial charge in [0.25, 0.3) is 0 Å². The molecular formula is C23H24ClNOS2. The van der Waals surface area contributed by atoms with E-state index in [-0.39, 0.29) is 18.2 Å². The van der Waals surface area contributed by atoms with Crippen LogP contribution in [0.15, 0.2) is 69.6 Å². The summed E-state index contributed by atoms with van der Waals surface area (Å²) < 4.78 is 0. The van der Waals surface area contributed by atoms with Gasteiger partial charge in [0.15, 0.2) is 5.78 Å². The first-order valence-corrected chi connectivity index (χ1v) is 11.4. The van der Waals surface area contributed by atoms with Gasteiger partial charge in [0.1, 0.15) is 0 Å². The zero-order valence-electron chi connectivity index (χ0n) is 15.7. The first-order chi connectivity index (χ1) is 13.3. The van der Waals surface area contributed by atoms with Crippen LogP contribution in [0.2, 0.25) is 0 Å². The van der Waals surface area contributed by atoms with Crippen LogP contribution < -0.4 is 17.3 Å². The second kappa shape index (κ2) is 10.2. The molecule has 1 aliphatic rings. The summed E-state index contributed by atoms with van der Waals surface area (Å²) in [4.78, 5) is 13.9. The lowest BCUT2D eigenvalue weighted by Crippen LogP contribution is -3.13. The number of hydrogen-bond donors (Lipinski definition) is 1. The number of quaternary nitrogens is 1. The van der Waals surface area contributed by atoms with E-state index >= 15 is 0 Å². The Kier molecular flexibility index (Phi) is 7.63. The number of benzene rings is 1. The van der Waals surface area contributed by atoms with Gasteiger partial charge in [-0.15, -0.1) is 0 Å². The topological polar surface area (TPSA) is 21.5 Å². The van der Waals surface area contributed by atoms with E-state index in [2.05, 4.69) is 33.7 Å². The average Bonchev–Trinajstić information content (AvgIpc) is 3.43. The number of nitrogens with one attached hydrogen (secondary N) is 1. The summed E-state index contributed by atoms with van der Waals surface area (Å²) in [5.74, 6) is 0.265. The highest BCUT2D eigenvalue weighted by Crippen LogP contribution is 2.32. The Bertz CT molecular complexity index is 855. The average molecular weight is 430 g/mol. The minimum absolute atomic E-state index is 0. The van der Waals surface area contributed by atoms with Crippen molar-refractivity contribution < 1.29 is 22.1 Å². The summed E-state index contributed by atoms with van der Waals surface area (Å²) in [6.07, 6.45) is 2.88. The normalized spacial score (nSPS) is 16.4. The van der Waals surface area contributed by atoms with Gasteiger partial charge in [0.2, 0.25) is 0 Å². The molecule has 0 unspecified atom stereocenters. The zero-order chi connectivity index (χ0) is 18.5. The number of carbonyl (C=O) groups excluding carboxylic acids is 1. The molecule has 146 valence electrons. The zero-order valence-corrected chi connectivity index (χ0v) is 18.1. The highest BCUT2D eigenvalue weighted by molar-refractivity contribution is 7.08. The third kappa shape index (κ3) is 5.00. The Balaban J connectivity index is 0.00000225. The number of likely N-dealkylation sites (tertiary alicyclic amines) is 1. The summed E-state index contributed by atoms with van der Waals surface area (Å²) >= 11 is 3.53. The molecule has 1 fully saturated rings. The van der Waals surface area contributed by atoms with Gasteiger partial charge in [-0.05, 0) is 50.4 Å². The van der Waals surface area contributed by atoms with Crippen molar-refractivity contribution in [1.82, 2.24) is 0 Å². The molecular weight excluding hydrogens is 406 g/mol. The standard InChI is InChI=1S/C23H23NOS2.ClH/c25-22(18-4-2-1-3-5-18)8-13-24-11-6-19(7-12-24)23(20-9-14-26-16-20)21-10-15-27-17-21;/h1-5,9-10,14-17H,6-8,11-13H2;1H. The number of carbonyl (C=O) groups is 1. The van der Waals surface area contributed by atoms with Gasteiger partial charge in [-0.25, -0.2) is 0 Å². The van der Waals surface area contributed by atoms with Crippen LogP contribution in [0.5, 0.6) is 0 Å². The molecule has 1 N–H and O–H groups in total. The Hall–Kier alpha value is -1.72. The van der Waals surface area contributed by atoms with E-state index < -0.39 is 0 Å². The molecule has 0 radical (unpaired) electrons. The summed E-state index contributed by atoms with van der Waals surface area (Å²) in [5.41, 5.74) is 6.57. The van der Waals surface area contributed by atoms with E-state index in [0.29, 0.717) is 6.42 Å². The van der Waals surface area contributed by atoms with Gasteiger partial charge >= 0.3 is 0 Å². The molecule has 3 aromatic rings. The second-order valence-corrected chi connectivity index (χ2v) is 8.60. The molecule has 0 atom stereocenters. The molecule has 1 aliphatic heterocycles. The minimum atomic E-state index is 0. The molecule has 0 amide bonds. The first-order valence-electron chi connectivity index (χ1n) is 9.50. The number of halogens is 1. The van der Waals surface area contributed by atoms with Gasteiger partial charge in [-0.2, -0.15) is 22.7 Å². The van der Waals surface area contributed by atoms with Crippen molar-refractivity contribution in [3.05, 3.63) is 86.2 Å². The van der Waals surface area contributed by atoms with Crippen LogP contribution in [-0.2, 0) is 0 Å². The van der Waals surface area contributed by atoms with Crippen molar-refractivity contribution in [3.8, 4) is 0 Å². The van der Waals surface area contributed by atoms with E-state index in [0.717, 1.165) is 38.0 Å². The third-order valence-corrected chi connectivity index (χ3v) is 6.70. The maximum Gasteiger partial charge on any atom is 0.168 e. The SMILES string of the molecule is O=C(CC[NH+]1CCC(=C(c2ccsc2)c2ccsc2)CC1)c1ccccc1.[Cl-]. The van der Waals surface area contributed by atoms with Gasteiger partial charge in [-0.1, -0.05) is 35.9 Å². The molecule has 0 spiro atoms. The fraction of sp³-hybridized carbons (Fsp3) is 0.261. The van der Waals surface area contributed by atoms with Gasteiger partial charge in [0, 0.05) is 18.4 Å². The predicted octanol–water partition coefficient (Wildman–Crippen LogP) is 1.57. The van der Waals surface area contributed by atoms with E-state index in [9.17, 15) is 4.79 Å². The van der Waals surface area contributed by atoms with Gasteiger partial charge < -0.3 is 17.3 Å². The van der Waals surface area contributed by atoms with E-state index in [4.69, 9.17) is 0 Å². The van der Waals surface area contributed by atoms with Crippen LogP contribution in [-0.4, -0.2) is 25.4 Å². The van der Waals surface area contributed by atoms with Crippen molar-refractivity contribution in [2.24, 2.45) is 0 Å². The summed E-state index contributed by atoms with van der Waals surface area (Å²) in [7, 11) is 0. The van der Waals surface area contributed by atoms with Crippen molar-refractivity contribution in [2.75, 3.05) is 19.6 Å². The fourth-order valence-corrected chi connectivity index (χ4v) is 5.15. The Morgan fingerprint density at radius 1 is 0.857 bits per heavy atom. The van der Waals surface area contributed by atoms with Crippen LogP contribution in [0.3, 0.4) is 0 Å². The van der Waals surface area contributed by atoms with Crippen LogP contribution in [0.4, 0.5) is 0 Å². The monoisotopic (exact) mass is 429 g/mol. The largest absolute Gasteiger partial charge is 1.00 e. The molecule has 2 aromatic heterocycles. The second-order valence-electron chi connectivity index (χ2n) is 7.04. The Morgan fingerprint density at radius 3 is 2.00 bits per heavy atom. The minimum Gasteiger partial charge on any atom is -1.00 e. The summed E-state index contributed by atoms with van der Waals surface area (Å²) in [6.45, 7) is 3.18. The number of thiophene rings is 2. The molecule has 1 saturated heterocycles. The lowest BCUT2D eigenvalue weighted by atomic mass is 9.91. The predicted molar refractivity (Wildman–Crippen MR) is 115 cm³/mol. The third-order valence-electron chi connectivity index (χ3n) is 5.34. The molecule has 0 saturated carbocycles. The molecule has 28 heavy (non-hydrogen) atoms. The van der Waals surface area contributed by atoms with E-state index in [1.165, 1.54) is 16.7 Å². The Morgan fingerprint density at radius 2 is 1.46 bits per heavy atom. The first kappa shape index (κ1) is 21.0. The summed E-state index contributed by atoms with van der Waals surface area (Å²) in [6, 6.07) is 14.2. The van der Waals surface area contributed by atoms with Crippen molar-refractivity contribution in [2.45, 2.75) is 19.3 Å². The van der Waals surface area contributed by atoms with Crippen molar-refractivity contribution in [1.29, 1.82) is 0 Å². The molecule has 2 nitrogen and oxygen atoms in total. The van der Waals surface area contributed by atoms with Crippen LogP contribution >= 0.6 is 22.7 Å². The van der Waals surface area contributed by atoms with Crippen molar-refractivity contribution in [3.63, 3.8) is 0 Å². The summed E-state index contributed by atoms with van der Waals surface area (Å²) in [5, 5.41) is 8.85. The Labute approximate surface area is 180 Å². The van der Waals surface area contributed by atoms with E-state index in [1.54, 1.807) is 33.1 Å². The molecule has 1 aromatic carbocycles. The molecule has 0 aliphatic carbocycles. The number of Topliss-reactive ketones (excluding diaryl/α,β-unsaturated/α-hetero) is 1. The quantitative estimate of drug-likeness (QED) is 0.590. The highest BCUT2D eigenvalue weighted by atomic mass is 35.5. The molecule has 4 rings (SSSR count). The smallest absolute Gasteiger partial charge is 0.168 e. The fourth-order valence-electron chi connectivity index (χ4n) is 3.85. The maximum atomic E-state index is 12.4. The lowest BCUT2D eigenvalue weighted by molar-refractivity contribution is -0.902. The highest BCUT2D eigenvalue weighted by Gasteiger charge is 2.22. The van der Waals surface area contributed by atoms with Crippen LogP contribution in [0.25, 0.3) is 5.57 Å². The molecule has 3 heterocycles. The number of piperidine rings is 1. The van der Waals surface area contributed by atoms with Crippen LogP contribution in [0.1, 0.15) is 40.7 Å². The maximum absolute atomic E-state index is 12.4. The van der Waals surface area contributed by atoms with Crippen LogP contribution in [0, 0.1) is 0 Å². The molecule has 0 bridgehead atoms. The molecule has 5 heteroatoms. The van der Waals surface area contributed by atoms with Gasteiger partial charge in [-0.3, -0.25) is 4.79 Å². The number of ketones is 1. The number of hydrogen-bond acceptors (Lipinski definition) is 3. The lowest BCUT2D eigenvalue weighted by Gasteiger charge is -2.27. The van der Waals surface area contributed by atoms with Gasteiger partial charge in [0.05, 0.1) is 26.1 Å². The number of rotatable bonds is 6. The van der Waals surface area contributed by atoms with Crippen molar-refractivity contribution >= 4 is 34.0 Å². The van der Waals surface area contributed by atoms with E-state index in [1.807, 2.05) is 30.3 Å².